The average molecular weight is 512 g/mol. The lowest BCUT2D eigenvalue weighted by Gasteiger charge is -2.36. The predicted octanol–water partition coefficient (Wildman–Crippen LogP) is 0.713. The molecule has 1 amide bonds. The van der Waals surface area contributed by atoms with Gasteiger partial charge in [0.25, 0.3) is 11.5 Å². The molecule has 11 heteroatoms. The molecule has 1 fully saturated rings. The Bertz CT molecular complexity index is 1550. The first-order valence-corrected chi connectivity index (χ1v) is 12.9. The third-order valence-electron chi connectivity index (χ3n) is 6.51. The minimum absolute atomic E-state index is 0.0996. The molecule has 1 aliphatic rings. The highest BCUT2D eigenvalue weighted by Crippen LogP contribution is 2.29. The maximum Gasteiger partial charge on any atom is 0.264 e. The number of carbonyl (C=O) groups is 1. The van der Waals surface area contributed by atoms with Crippen LogP contribution in [0.3, 0.4) is 0 Å². The molecule has 1 saturated heterocycles. The van der Waals surface area contributed by atoms with E-state index in [1.54, 1.807) is 18.2 Å². The highest BCUT2D eigenvalue weighted by Gasteiger charge is 2.43. The Morgan fingerprint density at radius 2 is 1.83 bits per heavy atom. The number of hydrogen-bond acceptors (Lipinski definition) is 8. The van der Waals surface area contributed by atoms with Gasteiger partial charge in [0, 0.05) is 23.9 Å². The number of hydrogen-bond donors (Lipinski definition) is 3. The zero-order chi connectivity index (χ0) is 26.1. The van der Waals surface area contributed by atoms with Gasteiger partial charge in [0.15, 0.2) is 14.6 Å². The number of ether oxygens (including phenoxy) is 1. The summed E-state index contributed by atoms with van der Waals surface area (Å²) in [4.78, 5) is 29.2. The van der Waals surface area contributed by atoms with Crippen LogP contribution < -0.4 is 11.0 Å². The van der Waals surface area contributed by atoms with Crippen molar-refractivity contribution in [3.05, 3.63) is 75.8 Å². The number of hydroxylamine groups is 1. The van der Waals surface area contributed by atoms with E-state index >= 15 is 0 Å². The minimum Gasteiger partial charge on any atom is -0.380 e. The molecule has 4 rings (SSSR count). The summed E-state index contributed by atoms with van der Waals surface area (Å²) in [5, 5.41) is 19.6. The van der Waals surface area contributed by atoms with Gasteiger partial charge in [0.1, 0.15) is 5.60 Å². The number of nitrogens with one attached hydrogen (secondary N) is 1. The number of sulfone groups is 1. The number of aryl methyl sites for hydroxylation is 1. The van der Waals surface area contributed by atoms with Gasteiger partial charge in [-0.2, -0.15) is 0 Å². The zero-order valence-corrected chi connectivity index (χ0v) is 20.5. The first kappa shape index (κ1) is 25.5. The van der Waals surface area contributed by atoms with Gasteiger partial charge in [-0.15, -0.1) is 0 Å². The van der Waals surface area contributed by atoms with Crippen LogP contribution >= 0.6 is 0 Å². The normalized spacial score (nSPS) is 16.3. The third-order valence-corrected chi connectivity index (χ3v) is 8.54. The predicted molar refractivity (Wildman–Crippen MR) is 131 cm³/mol. The van der Waals surface area contributed by atoms with Gasteiger partial charge in [0.05, 0.1) is 30.4 Å². The Labute approximate surface area is 207 Å². The number of aliphatic hydroxyl groups is 1. The minimum atomic E-state index is -3.89. The van der Waals surface area contributed by atoms with Gasteiger partial charge in [-0.25, -0.2) is 18.9 Å². The molecule has 3 aromatic rings. The molecule has 0 saturated carbocycles. The van der Waals surface area contributed by atoms with Crippen LogP contribution in [0.4, 0.5) is 0 Å². The first-order chi connectivity index (χ1) is 17.0. The number of aromatic nitrogens is 2. The monoisotopic (exact) mass is 511 g/mol. The molecular formula is C25H25N3O7S. The SMILES string of the molecule is C[C@@](CCn1cnc2cc(C#Cc3ccc(C4(O)COC4)cc3)ccc2c1=O)(C(=O)NO)S(C)(=O)=O. The van der Waals surface area contributed by atoms with Gasteiger partial charge in [-0.3, -0.25) is 19.4 Å². The number of fused-ring (bicyclic) bond motifs is 1. The summed E-state index contributed by atoms with van der Waals surface area (Å²) in [6, 6.07) is 12.2. The van der Waals surface area contributed by atoms with Crippen molar-refractivity contribution in [2.24, 2.45) is 0 Å². The smallest absolute Gasteiger partial charge is 0.264 e. The van der Waals surface area contributed by atoms with E-state index < -0.39 is 31.7 Å². The molecule has 0 spiro atoms. The fourth-order valence-electron chi connectivity index (χ4n) is 3.78. The largest absolute Gasteiger partial charge is 0.380 e. The summed E-state index contributed by atoms with van der Waals surface area (Å²) in [7, 11) is -3.89. The van der Waals surface area contributed by atoms with Crippen LogP contribution in [0.2, 0.25) is 0 Å². The van der Waals surface area contributed by atoms with E-state index in [1.165, 1.54) is 23.3 Å². The Morgan fingerprint density at radius 1 is 1.19 bits per heavy atom. The number of carbonyl (C=O) groups excluding carboxylic acids is 1. The summed E-state index contributed by atoms with van der Waals surface area (Å²) in [5.74, 6) is 5.01. The van der Waals surface area contributed by atoms with Crippen LogP contribution in [0.15, 0.2) is 53.6 Å². The molecular weight excluding hydrogens is 486 g/mol. The van der Waals surface area contributed by atoms with E-state index in [0.717, 1.165) is 17.4 Å². The molecule has 1 atom stereocenters. The second-order valence-electron chi connectivity index (χ2n) is 9.02. The molecule has 1 aliphatic heterocycles. The van der Waals surface area contributed by atoms with Crippen molar-refractivity contribution in [1.82, 2.24) is 15.0 Å². The second kappa shape index (κ2) is 9.48. The summed E-state index contributed by atoms with van der Waals surface area (Å²) < 4.78 is 28.7. The van der Waals surface area contributed by atoms with Crippen molar-refractivity contribution in [1.29, 1.82) is 0 Å². The van der Waals surface area contributed by atoms with Gasteiger partial charge in [-0.05, 0) is 49.2 Å². The van der Waals surface area contributed by atoms with E-state index in [2.05, 4.69) is 16.8 Å². The first-order valence-electron chi connectivity index (χ1n) is 11.0. The maximum atomic E-state index is 12.9. The molecule has 2 aromatic carbocycles. The molecule has 2 heterocycles. The summed E-state index contributed by atoms with van der Waals surface area (Å²) in [6.07, 6.45) is 1.94. The van der Waals surface area contributed by atoms with Gasteiger partial charge < -0.3 is 9.84 Å². The average Bonchev–Trinajstić information content (AvgIpc) is 2.84. The number of nitrogens with zero attached hydrogens (tertiary/aromatic N) is 2. The molecule has 0 unspecified atom stereocenters. The molecule has 1 aromatic heterocycles. The number of rotatable bonds is 6. The topological polar surface area (TPSA) is 148 Å². The molecule has 0 bridgehead atoms. The molecule has 0 radical (unpaired) electrons. The highest BCUT2D eigenvalue weighted by molar-refractivity contribution is 7.92. The number of benzene rings is 2. The van der Waals surface area contributed by atoms with Gasteiger partial charge in [0.2, 0.25) is 0 Å². The lowest BCUT2D eigenvalue weighted by Crippen LogP contribution is -2.50. The second-order valence-corrected chi connectivity index (χ2v) is 11.5. The third kappa shape index (κ3) is 4.76. The quantitative estimate of drug-likeness (QED) is 0.249. The van der Waals surface area contributed by atoms with Crippen LogP contribution in [0, 0.1) is 11.8 Å². The Balaban J connectivity index is 1.54. The fourth-order valence-corrected chi connectivity index (χ4v) is 4.63. The van der Waals surface area contributed by atoms with Crippen LogP contribution in [0.25, 0.3) is 10.9 Å². The zero-order valence-electron chi connectivity index (χ0n) is 19.7. The Kier molecular flexibility index (Phi) is 6.72. The maximum absolute atomic E-state index is 12.9. The van der Waals surface area contributed by atoms with Crippen molar-refractivity contribution < 1.29 is 28.3 Å². The molecule has 188 valence electrons. The summed E-state index contributed by atoms with van der Waals surface area (Å²) in [5.41, 5.74) is 2.66. The van der Waals surface area contributed by atoms with E-state index in [0.29, 0.717) is 16.5 Å². The van der Waals surface area contributed by atoms with Crippen molar-refractivity contribution in [3.63, 3.8) is 0 Å². The van der Waals surface area contributed by atoms with E-state index in [4.69, 9.17) is 9.94 Å². The molecule has 0 aliphatic carbocycles. The van der Waals surface area contributed by atoms with Crippen LogP contribution in [-0.4, -0.2) is 58.4 Å². The van der Waals surface area contributed by atoms with Crippen molar-refractivity contribution in [3.8, 4) is 11.8 Å². The number of amides is 1. The van der Waals surface area contributed by atoms with Crippen molar-refractivity contribution in [2.75, 3.05) is 19.5 Å². The lowest BCUT2D eigenvalue weighted by atomic mass is 9.91. The molecule has 10 nitrogen and oxygen atoms in total. The van der Waals surface area contributed by atoms with Crippen LogP contribution in [0.1, 0.15) is 30.0 Å². The van der Waals surface area contributed by atoms with Crippen LogP contribution in [-0.2, 0) is 31.5 Å². The van der Waals surface area contributed by atoms with Crippen molar-refractivity contribution >= 4 is 26.6 Å². The summed E-state index contributed by atoms with van der Waals surface area (Å²) >= 11 is 0. The van der Waals surface area contributed by atoms with Gasteiger partial charge >= 0.3 is 0 Å². The lowest BCUT2D eigenvalue weighted by molar-refractivity contribution is -0.184. The van der Waals surface area contributed by atoms with Crippen LogP contribution in [0.5, 0.6) is 0 Å². The van der Waals surface area contributed by atoms with Gasteiger partial charge in [-0.1, -0.05) is 24.0 Å². The Morgan fingerprint density at radius 3 is 2.42 bits per heavy atom. The highest BCUT2D eigenvalue weighted by atomic mass is 32.2. The van der Waals surface area contributed by atoms with E-state index in [9.17, 15) is 23.1 Å². The molecule has 3 N–H and O–H groups in total. The summed E-state index contributed by atoms with van der Waals surface area (Å²) in [6.45, 7) is 1.64. The van der Waals surface area contributed by atoms with E-state index in [1.807, 2.05) is 24.3 Å². The Hall–Kier alpha value is -3.56. The molecule has 36 heavy (non-hydrogen) atoms. The fraction of sp³-hybridized carbons (Fsp3) is 0.320. The van der Waals surface area contributed by atoms with E-state index in [-0.39, 0.29) is 26.2 Å². The van der Waals surface area contributed by atoms with Crippen molar-refractivity contribution in [2.45, 2.75) is 30.2 Å². The standard InChI is InChI=1S/C25H25N3O7S/c1-24(23(30)27-32,36(2,33)34)11-12-28-16-26-21-13-18(7-10-20(21)22(28)29)4-3-17-5-8-19(9-6-17)25(31)14-35-15-25/h5-10,13,16,31-32H,11-12,14-15H2,1-2H3,(H,27,30)/t24-/m1/s1.